The van der Waals surface area contributed by atoms with E-state index in [9.17, 15) is 35.9 Å². The molecule has 0 atom stereocenters. The van der Waals surface area contributed by atoms with Crippen molar-refractivity contribution in [2.75, 3.05) is 32.5 Å². The van der Waals surface area contributed by atoms with Gasteiger partial charge < -0.3 is 23.8 Å². The van der Waals surface area contributed by atoms with Gasteiger partial charge in [0.1, 0.15) is 12.4 Å². The fraction of sp³-hybridized carbons (Fsp3) is 0.238. The zero-order valence-corrected chi connectivity index (χ0v) is 17.5. The first-order chi connectivity index (χ1) is 16.0. The molecule has 0 saturated carbocycles. The van der Waals surface area contributed by atoms with Crippen LogP contribution in [0.1, 0.15) is 5.56 Å². The van der Waals surface area contributed by atoms with Gasteiger partial charge in [0.2, 0.25) is 0 Å². The Labute approximate surface area is 188 Å². The van der Waals surface area contributed by atoms with E-state index >= 15 is 0 Å². The molecule has 3 rings (SSSR count). The van der Waals surface area contributed by atoms with Crippen LogP contribution < -0.4 is 9.64 Å². The highest BCUT2D eigenvalue weighted by Crippen LogP contribution is 2.37. The van der Waals surface area contributed by atoms with Gasteiger partial charge in [0.25, 0.3) is 0 Å². The number of alkyl halides is 3. The lowest BCUT2D eigenvalue weighted by Crippen LogP contribution is -2.38. The number of methoxy groups -OCH3 is 2. The van der Waals surface area contributed by atoms with Crippen LogP contribution in [0.4, 0.5) is 32.0 Å². The molecule has 182 valence electrons. The summed E-state index contributed by atoms with van der Waals surface area (Å²) in [6.45, 7) is -0.626. The van der Waals surface area contributed by atoms with E-state index in [0.29, 0.717) is 0 Å². The molecule has 1 aliphatic heterocycles. The fourth-order valence-corrected chi connectivity index (χ4v) is 3.02. The van der Waals surface area contributed by atoms with E-state index in [1.807, 2.05) is 0 Å². The second-order valence-electron chi connectivity index (χ2n) is 6.70. The van der Waals surface area contributed by atoms with Gasteiger partial charge in [-0.15, -0.1) is 0 Å². The number of halogens is 6. The number of hydrogen-bond donors (Lipinski definition) is 0. The summed E-state index contributed by atoms with van der Waals surface area (Å²) < 4.78 is 100. The van der Waals surface area contributed by atoms with Crippen LogP contribution in [0.25, 0.3) is 0 Å². The summed E-state index contributed by atoms with van der Waals surface area (Å²) in [4.78, 5) is 25.5. The molecule has 0 bridgehead atoms. The van der Waals surface area contributed by atoms with Crippen molar-refractivity contribution in [2.45, 2.75) is 6.18 Å². The molecule has 0 saturated heterocycles. The van der Waals surface area contributed by atoms with Gasteiger partial charge in [-0.1, -0.05) is 0 Å². The molecule has 2 aromatic carbocycles. The van der Waals surface area contributed by atoms with E-state index in [-0.39, 0.29) is 42.4 Å². The van der Waals surface area contributed by atoms with Gasteiger partial charge in [0, 0.05) is 11.8 Å². The van der Waals surface area contributed by atoms with Crippen LogP contribution in [-0.4, -0.2) is 39.5 Å². The van der Waals surface area contributed by atoms with Crippen LogP contribution in [0.2, 0.25) is 0 Å². The smallest absolute Gasteiger partial charge is 0.416 e. The SMILES string of the molecule is COC(=O)C1=C(C(=O)OC)N(c2ccc(F)c(Oc3c(F)cc(C(F)(F)F)cc3F)c2)COC1. The van der Waals surface area contributed by atoms with Crippen LogP contribution in [-0.2, 0) is 30.0 Å². The van der Waals surface area contributed by atoms with E-state index < -0.39 is 52.6 Å². The lowest BCUT2D eigenvalue weighted by Gasteiger charge is -2.31. The van der Waals surface area contributed by atoms with Crippen molar-refractivity contribution in [2.24, 2.45) is 0 Å². The maximum Gasteiger partial charge on any atom is 0.416 e. The Morgan fingerprint density at radius 3 is 2.12 bits per heavy atom. The second kappa shape index (κ2) is 9.63. The highest BCUT2D eigenvalue weighted by Gasteiger charge is 2.34. The molecule has 0 aromatic heterocycles. The number of nitrogens with zero attached hydrogens (tertiary/aromatic N) is 1. The van der Waals surface area contributed by atoms with Gasteiger partial charge in [-0.2, -0.15) is 13.2 Å². The van der Waals surface area contributed by atoms with Crippen molar-refractivity contribution in [1.29, 1.82) is 0 Å². The zero-order valence-electron chi connectivity index (χ0n) is 17.5. The third-order valence-electron chi connectivity index (χ3n) is 4.60. The highest BCUT2D eigenvalue weighted by atomic mass is 19.4. The largest absolute Gasteiger partial charge is 0.466 e. The van der Waals surface area contributed by atoms with E-state index in [4.69, 9.17) is 9.47 Å². The third kappa shape index (κ3) is 4.93. The number of hydrogen-bond acceptors (Lipinski definition) is 7. The summed E-state index contributed by atoms with van der Waals surface area (Å²) in [5, 5.41) is 0. The lowest BCUT2D eigenvalue weighted by molar-refractivity contribution is -0.140. The first kappa shape index (κ1) is 24.9. The molecule has 0 unspecified atom stereocenters. The first-order valence-electron chi connectivity index (χ1n) is 9.26. The van der Waals surface area contributed by atoms with E-state index in [0.717, 1.165) is 37.3 Å². The van der Waals surface area contributed by atoms with Gasteiger partial charge in [0.15, 0.2) is 29.0 Å². The molecule has 2 aromatic rings. The molecule has 0 amide bonds. The van der Waals surface area contributed by atoms with Crippen LogP contribution in [0, 0.1) is 17.5 Å². The van der Waals surface area contributed by atoms with Gasteiger partial charge in [-0.25, -0.2) is 22.8 Å². The first-order valence-corrected chi connectivity index (χ1v) is 9.26. The topological polar surface area (TPSA) is 74.3 Å². The molecular weight excluding hydrogens is 476 g/mol. The molecule has 0 N–H and O–H groups in total. The molecule has 7 nitrogen and oxygen atoms in total. The average Bonchev–Trinajstić information content (AvgIpc) is 2.80. The van der Waals surface area contributed by atoms with Crippen molar-refractivity contribution in [1.82, 2.24) is 0 Å². The van der Waals surface area contributed by atoms with Gasteiger partial charge in [-0.05, 0) is 24.3 Å². The second-order valence-corrected chi connectivity index (χ2v) is 6.70. The molecule has 34 heavy (non-hydrogen) atoms. The molecule has 0 spiro atoms. The molecule has 0 radical (unpaired) electrons. The van der Waals surface area contributed by atoms with Crippen LogP contribution in [0.15, 0.2) is 41.6 Å². The number of benzene rings is 2. The maximum atomic E-state index is 14.4. The Kier molecular flexibility index (Phi) is 7.05. The fourth-order valence-electron chi connectivity index (χ4n) is 3.02. The Hall–Kier alpha value is -3.74. The summed E-state index contributed by atoms with van der Waals surface area (Å²) in [6, 6.07) is 2.84. The van der Waals surface area contributed by atoms with Crippen molar-refractivity contribution < 1.29 is 54.9 Å². The average molecular weight is 491 g/mol. The number of rotatable bonds is 5. The van der Waals surface area contributed by atoms with Crippen LogP contribution >= 0.6 is 0 Å². The molecular formula is C21H15F6NO6. The molecule has 0 fully saturated rings. The lowest BCUT2D eigenvalue weighted by atomic mass is 10.1. The molecule has 1 heterocycles. The number of ether oxygens (including phenoxy) is 4. The number of carbonyl (C=O) groups excluding carboxylic acids is 2. The van der Waals surface area contributed by atoms with Crippen molar-refractivity contribution in [3.05, 3.63) is 64.6 Å². The summed E-state index contributed by atoms with van der Waals surface area (Å²) in [6.07, 6.45) is -5.02. The summed E-state index contributed by atoms with van der Waals surface area (Å²) in [7, 11) is 2.12. The Balaban J connectivity index is 2.04. The standard InChI is InChI=1S/C21H15F6NO6/c1-31-19(29)12-8-33-9-28(17(12)20(30)32-2)11-3-4-13(22)16(7-11)34-18-14(23)5-10(6-15(18)24)21(25,26)27/h3-7H,8-9H2,1-2H3. The predicted molar refractivity (Wildman–Crippen MR) is 102 cm³/mol. The van der Waals surface area contributed by atoms with Crippen molar-refractivity contribution >= 4 is 17.6 Å². The molecule has 13 heteroatoms. The summed E-state index contributed by atoms with van der Waals surface area (Å²) in [5.74, 6) is -8.50. The number of anilines is 1. The summed E-state index contributed by atoms with van der Waals surface area (Å²) >= 11 is 0. The van der Waals surface area contributed by atoms with Gasteiger partial charge in [-0.3, -0.25) is 0 Å². The quantitative estimate of drug-likeness (QED) is 0.456. The van der Waals surface area contributed by atoms with E-state index in [1.165, 1.54) is 0 Å². The van der Waals surface area contributed by atoms with E-state index in [2.05, 4.69) is 9.47 Å². The van der Waals surface area contributed by atoms with Crippen LogP contribution in [0.3, 0.4) is 0 Å². The third-order valence-corrected chi connectivity index (χ3v) is 4.60. The summed E-state index contributed by atoms with van der Waals surface area (Å²) in [5.41, 5.74) is -2.15. The maximum absolute atomic E-state index is 14.4. The number of esters is 2. The van der Waals surface area contributed by atoms with Gasteiger partial charge in [0.05, 0.1) is 32.0 Å². The minimum atomic E-state index is -5.02. The molecule has 0 aliphatic carbocycles. The monoisotopic (exact) mass is 491 g/mol. The Bertz CT molecular complexity index is 1140. The number of carbonyl (C=O) groups is 2. The van der Waals surface area contributed by atoms with Crippen molar-refractivity contribution in [3.63, 3.8) is 0 Å². The normalized spacial score (nSPS) is 14.2. The van der Waals surface area contributed by atoms with Crippen molar-refractivity contribution in [3.8, 4) is 11.5 Å². The predicted octanol–water partition coefficient (Wildman–Crippen LogP) is 4.31. The molecule has 1 aliphatic rings. The van der Waals surface area contributed by atoms with E-state index in [1.54, 1.807) is 0 Å². The minimum absolute atomic E-state index is 0.000616. The Morgan fingerprint density at radius 1 is 0.941 bits per heavy atom. The highest BCUT2D eigenvalue weighted by molar-refractivity contribution is 6.03. The van der Waals surface area contributed by atoms with Gasteiger partial charge >= 0.3 is 18.1 Å². The zero-order chi connectivity index (χ0) is 25.2. The minimum Gasteiger partial charge on any atom is -0.466 e. The Morgan fingerprint density at radius 2 is 1.56 bits per heavy atom. The van der Waals surface area contributed by atoms with Crippen LogP contribution in [0.5, 0.6) is 11.5 Å².